The van der Waals surface area contributed by atoms with Gasteiger partial charge in [0, 0.05) is 23.1 Å². The van der Waals surface area contributed by atoms with Gasteiger partial charge < -0.3 is 19.5 Å². The standard InChI is InChI=1S/C31H32N2O7S/c1-17-14-23-26(38-18(2)29(34)32-23)16-27(17)41(36,37)33-30(35)20-10-12-25-21(15-20)28-22(31(3,4)40-25)11-13-24(39-28)19-8-6-5-7-9-19/h5-10,12,14-16,18,22,24,28H,11,13H2,1-4H3,(H,32,34)(H,33,35)/t18-,22-,24+,28+/m1/s1. The van der Waals surface area contributed by atoms with Gasteiger partial charge in [0.2, 0.25) is 0 Å². The molecule has 4 atom stereocenters. The largest absolute Gasteiger partial charge is 0.487 e. The molecule has 3 heterocycles. The number of hydrogen-bond acceptors (Lipinski definition) is 7. The lowest BCUT2D eigenvalue weighted by Crippen LogP contribution is -2.47. The van der Waals surface area contributed by atoms with E-state index in [0.717, 1.165) is 24.0 Å². The normalized spacial score (nSPS) is 24.4. The lowest BCUT2D eigenvalue weighted by atomic mass is 9.74. The quantitative estimate of drug-likeness (QED) is 0.437. The molecule has 3 aliphatic rings. The third-order valence-corrected chi connectivity index (χ3v) is 9.63. The van der Waals surface area contributed by atoms with Gasteiger partial charge in [-0.2, -0.15) is 0 Å². The highest BCUT2D eigenvalue weighted by Gasteiger charge is 2.48. The van der Waals surface area contributed by atoms with E-state index in [2.05, 4.69) is 10.0 Å². The highest BCUT2D eigenvalue weighted by Crippen LogP contribution is 2.53. The van der Waals surface area contributed by atoms with Crippen LogP contribution in [0.3, 0.4) is 0 Å². The molecule has 9 nitrogen and oxygen atoms in total. The van der Waals surface area contributed by atoms with E-state index in [1.807, 2.05) is 44.2 Å². The SMILES string of the molecule is Cc1cc2c(cc1S(=O)(=O)NC(=O)c1ccc3c(c1)[C@@H]1O[C@H](c4ccccc4)CC[C@H]1C(C)(C)O3)O[C@H](C)C(=O)N2. The van der Waals surface area contributed by atoms with Crippen LogP contribution in [-0.4, -0.2) is 31.9 Å². The minimum Gasteiger partial charge on any atom is -0.487 e. The van der Waals surface area contributed by atoms with Crippen molar-refractivity contribution in [3.05, 3.63) is 82.9 Å². The van der Waals surface area contributed by atoms with Crippen molar-refractivity contribution in [3.8, 4) is 11.5 Å². The molecule has 0 saturated carbocycles. The lowest BCUT2D eigenvalue weighted by molar-refractivity contribution is -0.151. The van der Waals surface area contributed by atoms with Gasteiger partial charge in [0.1, 0.15) is 17.1 Å². The molecule has 0 spiro atoms. The van der Waals surface area contributed by atoms with Gasteiger partial charge >= 0.3 is 0 Å². The Kier molecular flexibility index (Phi) is 6.58. The van der Waals surface area contributed by atoms with Gasteiger partial charge in [-0.1, -0.05) is 30.3 Å². The molecular weight excluding hydrogens is 544 g/mol. The number of amides is 2. The number of hydrogen-bond donors (Lipinski definition) is 2. The van der Waals surface area contributed by atoms with Gasteiger partial charge in [-0.3, -0.25) is 9.59 Å². The zero-order valence-electron chi connectivity index (χ0n) is 23.3. The van der Waals surface area contributed by atoms with Crippen LogP contribution in [0.25, 0.3) is 0 Å². The molecule has 0 unspecified atom stereocenters. The number of aryl methyl sites for hydroxylation is 1. The Hall–Kier alpha value is -3.89. The van der Waals surface area contributed by atoms with Crippen molar-refractivity contribution < 1.29 is 32.2 Å². The molecule has 0 bridgehead atoms. The van der Waals surface area contributed by atoms with Crippen LogP contribution in [0.1, 0.15) is 72.9 Å². The molecule has 3 aromatic rings. The minimum absolute atomic E-state index is 0.0537. The van der Waals surface area contributed by atoms with Crippen molar-refractivity contribution in [2.45, 2.75) is 69.3 Å². The number of rotatable bonds is 4. The second-order valence-electron chi connectivity index (χ2n) is 11.4. The summed E-state index contributed by atoms with van der Waals surface area (Å²) in [6.07, 6.45) is 0.525. The third-order valence-electron chi connectivity index (χ3n) is 8.16. The van der Waals surface area contributed by atoms with Crippen LogP contribution in [0, 0.1) is 12.8 Å². The molecule has 3 aliphatic heterocycles. The predicted octanol–water partition coefficient (Wildman–Crippen LogP) is 5.21. The third kappa shape index (κ3) is 4.95. The summed E-state index contributed by atoms with van der Waals surface area (Å²) in [5.41, 5.74) is 2.25. The van der Waals surface area contributed by atoms with E-state index < -0.39 is 27.6 Å². The van der Waals surface area contributed by atoms with Crippen molar-refractivity contribution in [2.75, 3.05) is 5.32 Å². The van der Waals surface area contributed by atoms with Crippen LogP contribution in [0.2, 0.25) is 0 Å². The maximum atomic E-state index is 13.3. The summed E-state index contributed by atoms with van der Waals surface area (Å²) in [5, 5.41) is 2.70. The Morgan fingerprint density at radius 3 is 2.54 bits per heavy atom. The van der Waals surface area contributed by atoms with Crippen molar-refractivity contribution in [3.63, 3.8) is 0 Å². The summed E-state index contributed by atoms with van der Waals surface area (Å²) in [6, 6.07) is 17.8. The first kappa shape index (κ1) is 27.3. The van der Waals surface area contributed by atoms with Gasteiger partial charge in [-0.25, -0.2) is 13.1 Å². The van der Waals surface area contributed by atoms with E-state index in [4.69, 9.17) is 14.2 Å². The molecule has 6 rings (SSSR count). The molecule has 0 aliphatic carbocycles. The summed E-state index contributed by atoms with van der Waals surface area (Å²) in [5.74, 6) is -0.206. The second-order valence-corrected chi connectivity index (χ2v) is 13.0. The minimum atomic E-state index is -4.27. The molecule has 1 fully saturated rings. The summed E-state index contributed by atoms with van der Waals surface area (Å²) in [6.45, 7) is 7.25. The van der Waals surface area contributed by atoms with Crippen LogP contribution in [0.15, 0.2) is 65.6 Å². The smallest absolute Gasteiger partial charge is 0.265 e. The first-order chi connectivity index (χ1) is 19.4. The Balaban J connectivity index is 1.29. The molecule has 0 radical (unpaired) electrons. The number of fused-ring (bicyclic) bond motifs is 4. The van der Waals surface area contributed by atoms with Crippen molar-refractivity contribution in [1.82, 2.24) is 4.72 Å². The van der Waals surface area contributed by atoms with E-state index >= 15 is 0 Å². The van der Waals surface area contributed by atoms with Crippen molar-refractivity contribution in [1.29, 1.82) is 0 Å². The molecule has 3 aromatic carbocycles. The molecular formula is C31H32N2O7S. The maximum Gasteiger partial charge on any atom is 0.265 e. The fraction of sp³-hybridized carbons (Fsp3) is 0.355. The number of carbonyl (C=O) groups is 2. The zero-order valence-corrected chi connectivity index (χ0v) is 24.1. The first-order valence-corrected chi connectivity index (χ1v) is 15.1. The average Bonchev–Trinajstić information content (AvgIpc) is 2.93. The van der Waals surface area contributed by atoms with Crippen LogP contribution in [0.5, 0.6) is 11.5 Å². The molecule has 0 aromatic heterocycles. The zero-order chi connectivity index (χ0) is 29.1. The fourth-order valence-corrected chi connectivity index (χ4v) is 7.19. The van der Waals surface area contributed by atoms with Gasteiger partial charge in [-0.05, 0) is 75.9 Å². The number of sulfonamides is 1. The maximum absolute atomic E-state index is 13.3. The fourth-order valence-electron chi connectivity index (χ4n) is 5.97. The topological polar surface area (TPSA) is 120 Å². The van der Waals surface area contributed by atoms with Gasteiger partial charge in [0.25, 0.3) is 21.8 Å². The van der Waals surface area contributed by atoms with Crippen LogP contribution in [-0.2, 0) is 19.6 Å². The Morgan fingerprint density at radius 2 is 1.78 bits per heavy atom. The van der Waals surface area contributed by atoms with Crippen LogP contribution < -0.4 is 19.5 Å². The average molecular weight is 577 g/mol. The Bertz CT molecular complexity index is 1650. The Labute approximate surface area is 239 Å². The molecule has 10 heteroatoms. The molecule has 2 amide bonds. The highest BCUT2D eigenvalue weighted by atomic mass is 32.2. The van der Waals surface area contributed by atoms with Gasteiger partial charge in [0.15, 0.2) is 6.10 Å². The number of anilines is 1. The van der Waals surface area contributed by atoms with Gasteiger partial charge in [-0.15, -0.1) is 0 Å². The Morgan fingerprint density at radius 1 is 1.02 bits per heavy atom. The summed E-state index contributed by atoms with van der Waals surface area (Å²) in [4.78, 5) is 25.2. The van der Waals surface area contributed by atoms with Crippen LogP contribution >= 0.6 is 0 Å². The van der Waals surface area contributed by atoms with E-state index in [9.17, 15) is 18.0 Å². The number of ether oxygens (including phenoxy) is 3. The monoisotopic (exact) mass is 576 g/mol. The van der Waals surface area contributed by atoms with E-state index in [0.29, 0.717) is 17.0 Å². The van der Waals surface area contributed by atoms with Gasteiger partial charge in [0.05, 0.1) is 22.8 Å². The van der Waals surface area contributed by atoms with Crippen LogP contribution in [0.4, 0.5) is 5.69 Å². The second kappa shape index (κ2) is 9.88. The van der Waals surface area contributed by atoms with Crippen molar-refractivity contribution >= 4 is 27.5 Å². The van der Waals surface area contributed by atoms with E-state index in [1.165, 1.54) is 12.1 Å². The first-order valence-electron chi connectivity index (χ1n) is 13.7. The van der Waals surface area contributed by atoms with Crippen molar-refractivity contribution in [2.24, 2.45) is 5.92 Å². The predicted molar refractivity (Wildman–Crippen MR) is 151 cm³/mol. The van der Waals surface area contributed by atoms with E-state index in [1.54, 1.807) is 32.0 Å². The van der Waals surface area contributed by atoms with E-state index in [-0.39, 0.29) is 40.2 Å². The molecule has 2 N–H and O–H groups in total. The lowest BCUT2D eigenvalue weighted by Gasteiger charge is -2.48. The summed E-state index contributed by atoms with van der Waals surface area (Å²) in [7, 11) is -4.27. The number of nitrogens with one attached hydrogen (secondary N) is 2. The molecule has 41 heavy (non-hydrogen) atoms. The highest BCUT2D eigenvalue weighted by molar-refractivity contribution is 7.90. The molecule has 214 valence electrons. The molecule has 1 saturated heterocycles. The summed E-state index contributed by atoms with van der Waals surface area (Å²) >= 11 is 0. The number of benzene rings is 3. The number of carbonyl (C=O) groups excluding carboxylic acids is 2. The summed E-state index contributed by atoms with van der Waals surface area (Å²) < 4.78 is 47.5.